The van der Waals surface area contributed by atoms with E-state index in [-0.39, 0.29) is 0 Å². The largest absolute Gasteiger partial charge is 0.248 e. The predicted molar refractivity (Wildman–Crippen MR) is 74.8 cm³/mol. The molecule has 0 fully saturated rings. The molecule has 0 spiro atoms. The molecule has 0 atom stereocenters. The summed E-state index contributed by atoms with van der Waals surface area (Å²) in [5, 5.41) is 6.20. The summed E-state index contributed by atoms with van der Waals surface area (Å²) in [6, 6.07) is 4.17. The van der Waals surface area contributed by atoms with Gasteiger partial charge in [0.05, 0.1) is 16.1 Å². The van der Waals surface area contributed by atoms with Crippen LogP contribution < -0.4 is 0 Å². The van der Waals surface area contributed by atoms with Crippen LogP contribution in [0.4, 0.5) is 0 Å². The number of hydrogen-bond acceptors (Lipinski definition) is 4. The van der Waals surface area contributed by atoms with E-state index >= 15 is 0 Å². The second-order valence-electron chi connectivity index (χ2n) is 4.23. The van der Waals surface area contributed by atoms with E-state index in [1.165, 1.54) is 4.88 Å². The van der Waals surface area contributed by atoms with Gasteiger partial charge in [-0.1, -0.05) is 19.9 Å². The molecule has 4 heteroatoms. The highest BCUT2D eigenvalue weighted by molar-refractivity contribution is 7.13. The van der Waals surface area contributed by atoms with Crippen LogP contribution in [0.1, 0.15) is 25.5 Å². The molecule has 0 saturated heterocycles. The normalized spacial score (nSPS) is 11.5. The van der Waals surface area contributed by atoms with Gasteiger partial charge in [-0.05, 0) is 17.4 Å². The third kappa shape index (κ3) is 1.87. The van der Waals surface area contributed by atoms with Crippen molar-refractivity contribution >= 4 is 33.7 Å². The summed E-state index contributed by atoms with van der Waals surface area (Å²) in [6.45, 7) is 4.33. The molecule has 0 aliphatic heterocycles. The quantitative estimate of drug-likeness (QED) is 0.676. The number of aromatic nitrogens is 2. The first-order valence-corrected chi connectivity index (χ1v) is 7.35. The summed E-state index contributed by atoms with van der Waals surface area (Å²) in [7, 11) is 0. The predicted octanol–water partition coefficient (Wildman–Crippen LogP) is 4.54. The molecule has 0 aromatic carbocycles. The van der Waals surface area contributed by atoms with E-state index in [4.69, 9.17) is 9.97 Å². The van der Waals surface area contributed by atoms with E-state index in [0.29, 0.717) is 5.92 Å². The Morgan fingerprint density at radius 3 is 2.53 bits per heavy atom. The van der Waals surface area contributed by atoms with E-state index in [1.54, 1.807) is 22.7 Å². The van der Waals surface area contributed by atoms with Gasteiger partial charge in [0.15, 0.2) is 0 Å². The molecule has 3 rings (SSSR count). The Kier molecular flexibility index (Phi) is 2.68. The zero-order valence-electron chi connectivity index (χ0n) is 9.68. The van der Waals surface area contributed by atoms with Gasteiger partial charge >= 0.3 is 0 Å². The lowest BCUT2D eigenvalue weighted by atomic mass is 10.1. The van der Waals surface area contributed by atoms with Crippen LogP contribution in [0.3, 0.4) is 0 Å². The Hall–Kier alpha value is -1.26. The molecular formula is C13H12N2S2. The average Bonchev–Trinajstić information content (AvgIpc) is 2.98. The van der Waals surface area contributed by atoms with Crippen molar-refractivity contribution in [3.8, 4) is 10.6 Å². The maximum atomic E-state index is 4.76. The van der Waals surface area contributed by atoms with Crippen molar-refractivity contribution in [3.05, 3.63) is 34.0 Å². The molecule has 0 aliphatic rings. The second kappa shape index (κ2) is 4.20. The first kappa shape index (κ1) is 10.9. The summed E-state index contributed by atoms with van der Waals surface area (Å²) >= 11 is 3.38. The van der Waals surface area contributed by atoms with Gasteiger partial charge in [-0.2, -0.15) is 0 Å². The molecule has 2 nitrogen and oxygen atoms in total. The Morgan fingerprint density at radius 1 is 1.12 bits per heavy atom. The van der Waals surface area contributed by atoms with Gasteiger partial charge in [-0.25, -0.2) is 9.97 Å². The molecule has 0 unspecified atom stereocenters. The van der Waals surface area contributed by atoms with Crippen molar-refractivity contribution in [2.75, 3.05) is 0 Å². The van der Waals surface area contributed by atoms with Gasteiger partial charge < -0.3 is 0 Å². The van der Waals surface area contributed by atoms with Crippen molar-refractivity contribution in [1.82, 2.24) is 9.97 Å². The summed E-state index contributed by atoms with van der Waals surface area (Å²) in [5.74, 6) is 0.392. The molecule has 3 heterocycles. The molecule has 0 aliphatic carbocycles. The Morgan fingerprint density at radius 2 is 1.88 bits per heavy atom. The van der Waals surface area contributed by atoms with Gasteiger partial charge in [0.2, 0.25) is 0 Å². The molecule has 0 radical (unpaired) electrons. The van der Waals surface area contributed by atoms with Crippen LogP contribution in [0, 0.1) is 0 Å². The Balaban J connectivity index is 2.30. The fourth-order valence-electron chi connectivity index (χ4n) is 1.81. The molecule has 0 bridgehead atoms. The van der Waals surface area contributed by atoms with E-state index < -0.39 is 0 Å². The average molecular weight is 260 g/mol. The molecule has 3 aromatic rings. The third-order valence-electron chi connectivity index (χ3n) is 2.64. The number of hydrogen-bond donors (Lipinski definition) is 0. The standard InChI is InChI=1S/C13H12N2S2/c1-8(2)12-13(11-4-3-5-17-11)15-10-7-16-6-9(10)14-12/h3-8H,1-2H3. The van der Waals surface area contributed by atoms with Crippen molar-refractivity contribution in [2.24, 2.45) is 0 Å². The summed E-state index contributed by atoms with van der Waals surface area (Å²) in [6.07, 6.45) is 0. The molecule has 0 amide bonds. The van der Waals surface area contributed by atoms with Crippen LogP contribution in [0.15, 0.2) is 28.3 Å². The third-order valence-corrected chi connectivity index (χ3v) is 4.23. The van der Waals surface area contributed by atoms with Crippen molar-refractivity contribution in [2.45, 2.75) is 19.8 Å². The van der Waals surface area contributed by atoms with Gasteiger partial charge in [0.1, 0.15) is 11.2 Å². The maximum absolute atomic E-state index is 4.76. The molecule has 3 aromatic heterocycles. The van der Waals surface area contributed by atoms with Crippen LogP contribution in [-0.4, -0.2) is 9.97 Å². The van der Waals surface area contributed by atoms with Crippen LogP contribution in [-0.2, 0) is 0 Å². The van der Waals surface area contributed by atoms with Crippen molar-refractivity contribution in [1.29, 1.82) is 0 Å². The Bertz CT molecular complexity index is 639. The van der Waals surface area contributed by atoms with Gasteiger partial charge in [-0.3, -0.25) is 0 Å². The number of thiophene rings is 2. The highest BCUT2D eigenvalue weighted by Gasteiger charge is 2.14. The highest BCUT2D eigenvalue weighted by atomic mass is 32.1. The SMILES string of the molecule is CC(C)c1nc2cscc2nc1-c1cccs1. The van der Waals surface area contributed by atoms with Gasteiger partial charge in [-0.15, -0.1) is 22.7 Å². The lowest BCUT2D eigenvalue weighted by Crippen LogP contribution is -1.98. The maximum Gasteiger partial charge on any atom is 0.103 e. The fourth-order valence-corrected chi connectivity index (χ4v) is 3.20. The van der Waals surface area contributed by atoms with E-state index in [0.717, 1.165) is 22.4 Å². The highest BCUT2D eigenvalue weighted by Crippen LogP contribution is 2.31. The number of fused-ring (bicyclic) bond motifs is 1. The van der Waals surface area contributed by atoms with E-state index in [9.17, 15) is 0 Å². The minimum absolute atomic E-state index is 0.392. The fraction of sp³-hybridized carbons (Fsp3) is 0.231. The first-order valence-electron chi connectivity index (χ1n) is 5.53. The zero-order valence-corrected chi connectivity index (χ0v) is 11.3. The Labute approximate surface area is 108 Å². The molecule has 0 N–H and O–H groups in total. The zero-order chi connectivity index (χ0) is 11.8. The lowest BCUT2D eigenvalue weighted by molar-refractivity contribution is 0.826. The monoisotopic (exact) mass is 260 g/mol. The van der Waals surface area contributed by atoms with E-state index in [2.05, 4.69) is 42.1 Å². The minimum atomic E-state index is 0.392. The smallest absolute Gasteiger partial charge is 0.103 e. The molecular weight excluding hydrogens is 248 g/mol. The molecule has 0 saturated carbocycles. The second-order valence-corrected chi connectivity index (χ2v) is 5.92. The first-order chi connectivity index (χ1) is 8.25. The van der Waals surface area contributed by atoms with Crippen molar-refractivity contribution < 1.29 is 0 Å². The summed E-state index contributed by atoms with van der Waals surface area (Å²) in [5.41, 5.74) is 4.15. The number of nitrogens with zero attached hydrogens (tertiary/aromatic N) is 2. The topological polar surface area (TPSA) is 25.8 Å². The number of rotatable bonds is 2. The van der Waals surface area contributed by atoms with Crippen molar-refractivity contribution in [3.63, 3.8) is 0 Å². The van der Waals surface area contributed by atoms with Crippen LogP contribution in [0.5, 0.6) is 0 Å². The summed E-state index contributed by atoms with van der Waals surface area (Å²) < 4.78 is 0. The minimum Gasteiger partial charge on any atom is -0.248 e. The van der Waals surface area contributed by atoms with Crippen LogP contribution in [0.2, 0.25) is 0 Å². The summed E-state index contributed by atoms with van der Waals surface area (Å²) in [4.78, 5) is 10.7. The lowest BCUT2D eigenvalue weighted by Gasteiger charge is -2.09. The van der Waals surface area contributed by atoms with Gasteiger partial charge in [0, 0.05) is 10.8 Å². The molecule has 17 heavy (non-hydrogen) atoms. The van der Waals surface area contributed by atoms with Gasteiger partial charge in [0.25, 0.3) is 0 Å². The van der Waals surface area contributed by atoms with E-state index in [1.807, 2.05) is 0 Å². The molecule has 86 valence electrons. The van der Waals surface area contributed by atoms with Crippen LogP contribution >= 0.6 is 22.7 Å². The van der Waals surface area contributed by atoms with Crippen LogP contribution in [0.25, 0.3) is 21.6 Å².